The number of aryl methyl sites for hydroxylation is 2. The van der Waals surface area contributed by atoms with Gasteiger partial charge in [-0.15, -0.1) is 12.3 Å². The van der Waals surface area contributed by atoms with Gasteiger partial charge in [0.15, 0.2) is 5.78 Å². The van der Waals surface area contributed by atoms with Gasteiger partial charge in [-0.2, -0.15) is 0 Å². The molecule has 0 amide bonds. The second kappa shape index (κ2) is 5.03. The van der Waals surface area contributed by atoms with Gasteiger partial charge < -0.3 is 4.57 Å². The lowest BCUT2D eigenvalue weighted by Gasteiger charge is -1.99. The first kappa shape index (κ1) is 11.0. The Morgan fingerprint density at radius 3 is 2.94 bits per heavy atom. The maximum Gasteiger partial charge on any atom is 0.164 e. The number of hydrogen-bond donors (Lipinski definition) is 0. The van der Waals surface area contributed by atoms with E-state index >= 15 is 0 Å². The topological polar surface area (TPSA) is 22.0 Å². The molecular weight excluding hydrogens is 198 g/mol. The Bertz CT molecular complexity index is 422. The van der Waals surface area contributed by atoms with Crippen LogP contribution in [0.2, 0.25) is 0 Å². The number of carbonyl (C=O) groups is 1. The Hall–Kier alpha value is -1.49. The van der Waals surface area contributed by atoms with Gasteiger partial charge in [-0.05, 0) is 31.2 Å². The number of unbranched alkanes of at least 4 members (excludes halogenated alkanes) is 1. The minimum Gasteiger partial charge on any atom is -0.353 e. The molecule has 0 N–H and O–H groups in total. The molecule has 2 heteroatoms. The molecule has 16 heavy (non-hydrogen) atoms. The summed E-state index contributed by atoms with van der Waals surface area (Å²) < 4.78 is 2.12. The molecule has 1 aromatic rings. The van der Waals surface area contributed by atoms with Crippen molar-refractivity contribution in [2.45, 2.75) is 45.1 Å². The summed E-state index contributed by atoms with van der Waals surface area (Å²) in [6, 6.07) is 0. The molecule has 0 fully saturated rings. The Kier molecular flexibility index (Phi) is 3.46. The Morgan fingerprint density at radius 1 is 1.31 bits per heavy atom. The fraction of sp³-hybridized carbons (Fsp3) is 0.500. The second-order valence-corrected chi connectivity index (χ2v) is 4.37. The molecule has 1 aromatic heterocycles. The first-order valence-corrected chi connectivity index (χ1v) is 5.96. The maximum absolute atomic E-state index is 11.8. The third-order valence-electron chi connectivity index (χ3n) is 3.10. The molecule has 0 saturated carbocycles. The molecule has 2 rings (SSSR count). The highest BCUT2D eigenvalue weighted by atomic mass is 16.1. The van der Waals surface area contributed by atoms with Gasteiger partial charge in [-0.1, -0.05) is 0 Å². The predicted molar refractivity (Wildman–Crippen MR) is 64.4 cm³/mol. The summed E-state index contributed by atoms with van der Waals surface area (Å²) in [6.07, 6.45) is 15.0. The van der Waals surface area contributed by atoms with E-state index in [-0.39, 0.29) is 0 Å². The Morgan fingerprint density at radius 2 is 2.12 bits per heavy atom. The maximum atomic E-state index is 11.8. The van der Waals surface area contributed by atoms with E-state index in [0.29, 0.717) is 12.2 Å². The molecule has 0 bridgehead atoms. The molecule has 0 aliphatic heterocycles. The van der Waals surface area contributed by atoms with Crippen LogP contribution in [0.25, 0.3) is 0 Å². The Labute approximate surface area is 96.7 Å². The first-order valence-electron chi connectivity index (χ1n) is 5.96. The van der Waals surface area contributed by atoms with E-state index in [1.807, 2.05) is 6.20 Å². The largest absolute Gasteiger partial charge is 0.353 e. The van der Waals surface area contributed by atoms with E-state index in [1.165, 1.54) is 5.56 Å². The van der Waals surface area contributed by atoms with Gasteiger partial charge in [0.05, 0.1) is 0 Å². The quantitative estimate of drug-likeness (QED) is 0.432. The smallest absolute Gasteiger partial charge is 0.164 e. The van der Waals surface area contributed by atoms with E-state index in [9.17, 15) is 4.79 Å². The zero-order chi connectivity index (χ0) is 11.4. The summed E-state index contributed by atoms with van der Waals surface area (Å²) >= 11 is 0. The zero-order valence-corrected chi connectivity index (χ0v) is 9.54. The molecule has 0 saturated heterocycles. The monoisotopic (exact) mass is 215 g/mol. The fourth-order valence-electron chi connectivity index (χ4n) is 2.23. The van der Waals surface area contributed by atoms with Gasteiger partial charge in [-0.25, -0.2) is 0 Å². The fourth-order valence-corrected chi connectivity index (χ4v) is 2.23. The van der Waals surface area contributed by atoms with Crippen molar-refractivity contribution in [2.24, 2.45) is 0 Å². The number of carbonyl (C=O) groups excluding carboxylic acids is 1. The molecule has 0 unspecified atom stereocenters. The van der Waals surface area contributed by atoms with Crippen LogP contribution < -0.4 is 0 Å². The minimum absolute atomic E-state index is 0.309. The molecule has 1 aliphatic rings. The van der Waals surface area contributed by atoms with E-state index in [2.05, 4.69) is 16.7 Å². The van der Waals surface area contributed by atoms with Gasteiger partial charge in [0.2, 0.25) is 0 Å². The van der Waals surface area contributed by atoms with Gasteiger partial charge in [-0.3, -0.25) is 4.79 Å². The number of ketones is 1. The number of hydrogen-bond acceptors (Lipinski definition) is 1. The lowest BCUT2D eigenvalue weighted by molar-refractivity contribution is 0.0982. The van der Waals surface area contributed by atoms with Crippen LogP contribution in [0.4, 0.5) is 0 Å². The van der Waals surface area contributed by atoms with Gasteiger partial charge in [0.25, 0.3) is 0 Å². The summed E-state index contributed by atoms with van der Waals surface area (Å²) in [6.45, 7) is 0.921. The predicted octanol–water partition coefficient (Wildman–Crippen LogP) is 2.81. The van der Waals surface area contributed by atoms with Crippen molar-refractivity contribution in [1.29, 1.82) is 0 Å². The SMILES string of the molecule is C#CCCCn1cc2c(c1)C(=O)CCCC2. The average molecular weight is 215 g/mol. The molecule has 0 spiro atoms. The zero-order valence-electron chi connectivity index (χ0n) is 9.54. The van der Waals surface area contributed by atoms with Crippen LogP contribution in [0.5, 0.6) is 0 Å². The standard InChI is InChI=1S/C14H17NO/c1-2-3-6-9-15-10-12-7-4-5-8-14(16)13(12)11-15/h1,10-11H,3-9H2. The van der Waals surface area contributed by atoms with Crippen molar-refractivity contribution < 1.29 is 4.79 Å². The molecule has 1 aliphatic carbocycles. The number of terminal acetylenes is 1. The number of fused-ring (bicyclic) bond motifs is 1. The highest BCUT2D eigenvalue weighted by Crippen LogP contribution is 2.21. The lowest BCUT2D eigenvalue weighted by atomic mass is 10.1. The molecular formula is C14H17NO. The van der Waals surface area contributed by atoms with E-state index < -0.39 is 0 Å². The molecule has 84 valence electrons. The van der Waals surface area contributed by atoms with Crippen molar-refractivity contribution in [3.8, 4) is 12.3 Å². The second-order valence-electron chi connectivity index (χ2n) is 4.37. The van der Waals surface area contributed by atoms with Crippen LogP contribution in [0.3, 0.4) is 0 Å². The summed E-state index contributed by atoms with van der Waals surface area (Å²) in [5.74, 6) is 2.95. The van der Waals surface area contributed by atoms with Crippen LogP contribution in [0.1, 0.15) is 48.0 Å². The third kappa shape index (κ3) is 2.36. The summed E-state index contributed by atoms with van der Waals surface area (Å²) in [4.78, 5) is 11.8. The van der Waals surface area contributed by atoms with Crippen LogP contribution >= 0.6 is 0 Å². The molecule has 0 atom stereocenters. The van der Waals surface area contributed by atoms with Crippen molar-refractivity contribution in [2.75, 3.05) is 0 Å². The van der Waals surface area contributed by atoms with Crippen LogP contribution in [0, 0.1) is 12.3 Å². The minimum atomic E-state index is 0.309. The first-order chi connectivity index (χ1) is 7.81. The summed E-state index contributed by atoms with van der Waals surface area (Å²) in [7, 11) is 0. The van der Waals surface area contributed by atoms with E-state index in [1.54, 1.807) is 0 Å². The van der Waals surface area contributed by atoms with Crippen molar-refractivity contribution >= 4 is 5.78 Å². The summed E-state index contributed by atoms with van der Waals surface area (Å²) in [5, 5.41) is 0. The van der Waals surface area contributed by atoms with Crippen LogP contribution in [-0.2, 0) is 13.0 Å². The number of Topliss-reactive ketones (excluding diaryl/α,β-unsaturated/α-hetero) is 1. The van der Waals surface area contributed by atoms with Crippen molar-refractivity contribution in [3.05, 3.63) is 23.5 Å². The molecule has 1 heterocycles. The highest BCUT2D eigenvalue weighted by Gasteiger charge is 2.17. The molecule has 0 radical (unpaired) electrons. The lowest BCUT2D eigenvalue weighted by Crippen LogP contribution is -1.97. The van der Waals surface area contributed by atoms with Gasteiger partial charge in [0.1, 0.15) is 0 Å². The Balaban J connectivity index is 2.10. The van der Waals surface area contributed by atoms with Gasteiger partial charge >= 0.3 is 0 Å². The molecule has 2 nitrogen and oxygen atoms in total. The van der Waals surface area contributed by atoms with E-state index in [4.69, 9.17) is 6.42 Å². The average Bonchev–Trinajstić information content (AvgIpc) is 2.61. The number of aromatic nitrogens is 1. The van der Waals surface area contributed by atoms with Crippen LogP contribution in [0.15, 0.2) is 12.4 Å². The highest BCUT2D eigenvalue weighted by molar-refractivity contribution is 5.97. The van der Waals surface area contributed by atoms with Crippen LogP contribution in [-0.4, -0.2) is 10.4 Å². The number of nitrogens with zero attached hydrogens (tertiary/aromatic N) is 1. The van der Waals surface area contributed by atoms with Crippen molar-refractivity contribution in [3.63, 3.8) is 0 Å². The van der Waals surface area contributed by atoms with Crippen molar-refractivity contribution in [1.82, 2.24) is 4.57 Å². The normalized spacial score (nSPS) is 15.3. The number of rotatable bonds is 3. The van der Waals surface area contributed by atoms with E-state index in [0.717, 1.165) is 44.2 Å². The third-order valence-corrected chi connectivity index (χ3v) is 3.10. The summed E-state index contributed by atoms with van der Waals surface area (Å²) in [5.41, 5.74) is 2.17. The molecule has 0 aromatic carbocycles. The van der Waals surface area contributed by atoms with Gasteiger partial charge in [0, 0.05) is 37.3 Å².